The summed E-state index contributed by atoms with van der Waals surface area (Å²) in [6, 6.07) is 17.6. The molecule has 3 N–H and O–H groups in total. The van der Waals surface area contributed by atoms with Crippen molar-refractivity contribution >= 4 is 40.0 Å². The summed E-state index contributed by atoms with van der Waals surface area (Å²) in [4.78, 5) is 26.8. The van der Waals surface area contributed by atoms with Crippen LogP contribution in [0.2, 0.25) is 0 Å². The van der Waals surface area contributed by atoms with Crippen molar-refractivity contribution in [2.24, 2.45) is 0 Å². The van der Waals surface area contributed by atoms with E-state index in [0.29, 0.717) is 47.1 Å². The summed E-state index contributed by atoms with van der Waals surface area (Å²) in [7, 11) is 0. The Labute approximate surface area is 223 Å². The summed E-state index contributed by atoms with van der Waals surface area (Å²) in [5, 5.41) is 3.41. The number of aryl methyl sites for hydroxylation is 1. The van der Waals surface area contributed by atoms with Gasteiger partial charge in [0.25, 0.3) is 0 Å². The zero-order chi connectivity index (χ0) is 27.1. The first kappa shape index (κ1) is 24.1. The van der Waals surface area contributed by atoms with Gasteiger partial charge in [-0.15, -0.1) is 0 Å². The van der Waals surface area contributed by atoms with Gasteiger partial charge in [0.15, 0.2) is 11.6 Å². The van der Waals surface area contributed by atoms with Crippen LogP contribution in [0.25, 0.3) is 22.2 Å². The van der Waals surface area contributed by atoms with Crippen LogP contribution in [-0.4, -0.2) is 32.0 Å². The molecule has 1 aliphatic heterocycles. The van der Waals surface area contributed by atoms with Gasteiger partial charge in [0.1, 0.15) is 23.6 Å². The van der Waals surface area contributed by atoms with Gasteiger partial charge in [0.2, 0.25) is 11.8 Å². The van der Waals surface area contributed by atoms with E-state index < -0.39 is 5.82 Å². The molecule has 0 saturated heterocycles. The smallest absolute Gasteiger partial charge is 0.247 e. The van der Waals surface area contributed by atoms with Gasteiger partial charge in [0.05, 0.1) is 5.39 Å². The van der Waals surface area contributed by atoms with E-state index in [4.69, 9.17) is 10.5 Å². The fourth-order valence-corrected chi connectivity index (χ4v) is 4.85. The van der Waals surface area contributed by atoms with Crippen molar-refractivity contribution in [2.75, 3.05) is 22.5 Å². The number of halogens is 1. The maximum Gasteiger partial charge on any atom is 0.247 e. The van der Waals surface area contributed by atoms with E-state index in [9.17, 15) is 4.79 Å². The van der Waals surface area contributed by atoms with E-state index in [1.165, 1.54) is 18.5 Å². The molecule has 0 atom stereocenters. The lowest BCUT2D eigenvalue weighted by Crippen LogP contribution is -2.14. The van der Waals surface area contributed by atoms with Crippen LogP contribution in [0.4, 0.5) is 27.4 Å². The second kappa shape index (κ2) is 9.56. The summed E-state index contributed by atoms with van der Waals surface area (Å²) in [5.74, 6) is 0.695. The van der Waals surface area contributed by atoms with E-state index in [-0.39, 0.29) is 11.7 Å². The summed E-state index contributed by atoms with van der Waals surface area (Å²) >= 11 is 0. The van der Waals surface area contributed by atoms with Crippen LogP contribution >= 0.6 is 0 Å². The molecule has 0 spiro atoms. The molecule has 0 saturated carbocycles. The van der Waals surface area contributed by atoms with Gasteiger partial charge < -0.3 is 25.3 Å². The van der Waals surface area contributed by atoms with Crippen molar-refractivity contribution < 1.29 is 13.9 Å². The third kappa shape index (κ3) is 4.31. The first-order valence-electron chi connectivity index (χ1n) is 12.3. The second-order valence-electron chi connectivity index (χ2n) is 9.06. The molecule has 0 bridgehead atoms. The van der Waals surface area contributed by atoms with E-state index in [1.54, 1.807) is 24.3 Å². The number of nitrogen functional groups attached to an aromatic ring is 1. The number of nitrogens with one attached hydrogen (secondary N) is 1. The average molecular weight is 522 g/mol. The standard InChI is InChI=1S/C29H24FN7O2/c1-3-23(38)35-19-8-10-20(11-9-19)36-13-14-37-28-26(27(31)32-16-33-28)25(29(36)37)18-7-12-22(21(30)15-18)39-24-6-4-5-17(2)34-24/h3-12,15-16H,1,13-14H2,2H3,(H,35,38)(H2,31,32,33). The van der Waals surface area contributed by atoms with Crippen molar-refractivity contribution in [1.82, 2.24) is 19.5 Å². The molecule has 5 aromatic rings. The predicted octanol–water partition coefficient (Wildman–Crippen LogP) is 5.59. The number of carbonyl (C=O) groups excluding carboxylic acids is 1. The molecule has 1 aliphatic rings. The highest BCUT2D eigenvalue weighted by Crippen LogP contribution is 2.47. The van der Waals surface area contributed by atoms with Crippen LogP contribution in [0.5, 0.6) is 11.6 Å². The Morgan fingerprint density at radius 1 is 1.13 bits per heavy atom. The Balaban J connectivity index is 1.43. The third-order valence-electron chi connectivity index (χ3n) is 6.57. The molecule has 9 nitrogen and oxygen atoms in total. The number of amides is 1. The first-order valence-corrected chi connectivity index (χ1v) is 12.3. The Hall–Kier alpha value is -5.25. The van der Waals surface area contributed by atoms with Gasteiger partial charge in [-0.2, -0.15) is 0 Å². The Kier molecular flexibility index (Phi) is 5.91. The largest absolute Gasteiger partial charge is 0.436 e. The van der Waals surface area contributed by atoms with Crippen LogP contribution in [-0.2, 0) is 11.3 Å². The molecular formula is C29H24FN7O2. The lowest BCUT2D eigenvalue weighted by molar-refractivity contribution is -0.111. The van der Waals surface area contributed by atoms with Crippen molar-refractivity contribution in [3.8, 4) is 22.8 Å². The second-order valence-corrected chi connectivity index (χ2v) is 9.06. The normalized spacial score (nSPS) is 12.4. The molecule has 10 heteroatoms. The molecule has 3 aromatic heterocycles. The van der Waals surface area contributed by atoms with Gasteiger partial charge >= 0.3 is 0 Å². The first-order chi connectivity index (χ1) is 18.9. The number of aromatic nitrogens is 4. The molecule has 0 aliphatic carbocycles. The molecule has 1 amide bonds. The van der Waals surface area contributed by atoms with Crippen molar-refractivity contribution in [3.63, 3.8) is 0 Å². The SMILES string of the molecule is C=CC(=O)Nc1ccc(N2CCn3c2c(-c2ccc(Oc4cccc(C)n4)c(F)c2)c2c(N)ncnc23)cc1. The fourth-order valence-electron chi connectivity index (χ4n) is 4.85. The van der Waals surface area contributed by atoms with Crippen LogP contribution in [0.15, 0.2) is 79.6 Å². The zero-order valence-corrected chi connectivity index (χ0v) is 21.1. The Morgan fingerprint density at radius 2 is 1.95 bits per heavy atom. The number of anilines is 4. The number of rotatable bonds is 6. The number of hydrogen-bond acceptors (Lipinski definition) is 7. The number of pyridine rings is 1. The number of carbonyl (C=O) groups is 1. The lowest BCUT2D eigenvalue weighted by Gasteiger charge is -2.20. The minimum atomic E-state index is -0.536. The topological polar surface area (TPSA) is 111 Å². The molecule has 194 valence electrons. The molecule has 0 fully saturated rings. The summed E-state index contributed by atoms with van der Waals surface area (Å²) in [6.07, 6.45) is 2.65. The monoisotopic (exact) mass is 521 g/mol. The van der Waals surface area contributed by atoms with Crippen molar-refractivity contribution in [1.29, 1.82) is 0 Å². The highest BCUT2D eigenvalue weighted by molar-refractivity contribution is 6.08. The van der Waals surface area contributed by atoms with E-state index in [2.05, 4.69) is 36.3 Å². The van der Waals surface area contributed by atoms with Crippen LogP contribution in [0, 0.1) is 12.7 Å². The summed E-state index contributed by atoms with van der Waals surface area (Å²) in [5.41, 5.74) is 10.7. The van der Waals surface area contributed by atoms with Gasteiger partial charge in [-0.05, 0) is 61.0 Å². The third-order valence-corrected chi connectivity index (χ3v) is 6.57. The summed E-state index contributed by atoms with van der Waals surface area (Å²) < 4.78 is 23.2. The number of nitrogens with two attached hydrogens (primary N) is 1. The van der Waals surface area contributed by atoms with Gasteiger partial charge in [-0.3, -0.25) is 4.79 Å². The highest BCUT2D eigenvalue weighted by Gasteiger charge is 2.31. The fraction of sp³-hybridized carbons (Fsp3) is 0.103. The quantitative estimate of drug-likeness (QED) is 0.280. The molecule has 0 unspecified atom stereocenters. The minimum Gasteiger partial charge on any atom is -0.436 e. The molecular weight excluding hydrogens is 497 g/mol. The van der Waals surface area contributed by atoms with Crippen molar-refractivity contribution in [3.05, 3.63) is 91.2 Å². The van der Waals surface area contributed by atoms with E-state index >= 15 is 4.39 Å². The van der Waals surface area contributed by atoms with Gasteiger partial charge in [-0.1, -0.05) is 18.7 Å². The molecule has 39 heavy (non-hydrogen) atoms. The van der Waals surface area contributed by atoms with E-state index in [0.717, 1.165) is 22.8 Å². The Morgan fingerprint density at radius 3 is 2.69 bits per heavy atom. The predicted molar refractivity (Wildman–Crippen MR) is 149 cm³/mol. The number of nitrogens with zero attached hydrogens (tertiary/aromatic N) is 5. The van der Waals surface area contributed by atoms with Gasteiger partial charge in [-0.25, -0.2) is 19.3 Å². The highest BCUT2D eigenvalue weighted by atomic mass is 19.1. The zero-order valence-electron chi connectivity index (χ0n) is 21.1. The minimum absolute atomic E-state index is 0.0650. The van der Waals surface area contributed by atoms with E-state index in [1.807, 2.05) is 37.3 Å². The Bertz CT molecular complexity index is 1750. The molecule has 0 radical (unpaired) electrons. The summed E-state index contributed by atoms with van der Waals surface area (Å²) in [6.45, 7) is 6.65. The van der Waals surface area contributed by atoms with Crippen molar-refractivity contribution in [2.45, 2.75) is 13.5 Å². The molecule has 4 heterocycles. The lowest BCUT2D eigenvalue weighted by atomic mass is 10.0. The molecule has 2 aromatic carbocycles. The maximum atomic E-state index is 15.4. The van der Waals surface area contributed by atoms with Crippen LogP contribution in [0.1, 0.15) is 5.69 Å². The van der Waals surface area contributed by atoms with Crippen LogP contribution in [0.3, 0.4) is 0 Å². The number of ether oxygens (including phenoxy) is 1. The molecule has 6 rings (SSSR count). The number of fused-ring (bicyclic) bond motifs is 3. The average Bonchev–Trinajstić information content (AvgIpc) is 3.50. The number of hydrogen-bond donors (Lipinski definition) is 2. The van der Waals surface area contributed by atoms with Crippen LogP contribution < -0.4 is 20.7 Å². The number of benzene rings is 2. The maximum absolute atomic E-state index is 15.4. The van der Waals surface area contributed by atoms with Gasteiger partial charge in [0, 0.05) is 41.8 Å².